The Labute approximate surface area is 115 Å². The van der Waals surface area contributed by atoms with E-state index in [2.05, 4.69) is 20.8 Å². The molecule has 0 amide bonds. The Morgan fingerprint density at radius 1 is 1.00 bits per heavy atom. The summed E-state index contributed by atoms with van der Waals surface area (Å²) in [6.07, 6.45) is 0. The number of aliphatic carboxylic acids is 1. The van der Waals surface area contributed by atoms with Gasteiger partial charge in [0.05, 0.1) is 11.4 Å². The summed E-state index contributed by atoms with van der Waals surface area (Å²) >= 11 is 0. The molecule has 0 radical (unpaired) electrons. The SMILES string of the molecule is CC(=O)O.NNC(N)=Nc1ccc(N=C(N)NN)cc1. The molecule has 10 nitrogen and oxygen atoms in total. The molecule has 0 bridgehead atoms. The number of nitrogens with zero attached hydrogens (tertiary/aromatic N) is 2. The lowest BCUT2D eigenvalue weighted by Gasteiger charge is -2.00. The molecule has 0 atom stereocenters. The number of guanidine groups is 2. The number of carboxylic acid groups (broad SMARTS) is 1. The standard InChI is InChI=1S/C8H14N8.C2H4O2/c9-7(15-11)13-5-1-2-6(4-3-5)14-8(10)16-12;1-2(3)4/h1-4H,11-12H2,(H3,9,13,15)(H3,10,14,16);1H3,(H,3,4). The maximum Gasteiger partial charge on any atom is 0.300 e. The fourth-order valence-corrected chi connectivity index (χ4v) is 0.944. The molecule has 20 heavy (non-hydrogen) atoms. The third kappa shape index (κ3) is 8.27. The maximum absolute atomic E-state index is 9.00. The average Bonchev–Trinajstić information content (AvgIpc) is 2.40. The molecule has 0 aromatic heterocycles. The van der Waals surface area contributed by atoms with Crippen LogP contribution in [-0.4, -0.2) is 23.0 Å². The summed E-state index contributed by atoms with van der Waals surface area (Å²) in [5.74, 6) is 9.55. The number of rotatable bonds is 2. The van der Waals surface area contributed by atoms with Crippen molar-refractivity contribution in [3.63, 3.8) is 0 Å². The highest BCUT2D eigenvalue weighted by molar-refractivity contribution is 5.81. The number of carboxylic acids is 1. The molecule has 0 heterocycles. The van der Waals surface area contributed by atoms with E-state index in [1.165, 1.54) is 0 Å². The van der Waals surface area contributed by atoms with Crippen LogP contribution >= 0.6 is 0 Å². The van der Waals surface area contributed by atoms with Crippen LogP contribution in [0.25, 0.3) is 0 Å². The van der Waals surface area contributed by atoms with E-state index < -0.39 is 5.97 Å². The smallest absolute Gasteiger partial charge is 0.300 e. The van der Waals surface area contributed by atoms with Gasteiger partial charge in [-0.25, -0.2) is 21.7 Å². The monoisotopic (exact) mass is 282 g/mol. The first-order valence-corrected chi connectivity index (χ1v) is 5.30. The zero-order valence-electron chi connectivity index (χ0n) is 10.9. The first-order valence-electron chi connectivity index (χ1n) is 5.30. The minimum absolute atomic E-state index is 0.124. The Bertz CT molecular complexity index is 440. The molecule has 0 saturated carbocycles. The van der Waals surface area contributed by atoms with Crippen LogP contribution in [0.15, 0.2) is 34.3 Å². The van der Waals surface area contributed by atoms with Crippen molar-refractivity contribution in [3.05, 3.63) is 24.3 Å². The lowest BCUT2D eigenvalue weighted by atomic mass is 10.3. The van der Waals surface area contributed by atoms with Crippen molar-refractivity contribution in [2.75, 3.05) is 0 Å². The molecule has 11 N–H and O–H groups in total. The minimum atomic E-state index is -0.833. The molecule has 0 aliphatic carbocycles. The third-order valence-corrected chi connectivity index (χ3v) is 1.64. The van der Waals surface area contributed by atoms with E-state index in [4.69, 9.17) is 33.1 Å². The summed E-state index contributed by atoms with van der Waals surface area (Å²) in [5, 5.41) is 7.42. The number of nitrogens with two attached hydrogens (primary N) is 4. The zero-order valence-corrected chi connectivity index (χ0v) is 10.9. The number of hydrogen-bond acceptors (Lipinski definition) is 5. The van der Waals surface area contributed by atoms with Gasteiger partial charge in [-0.15, -0.1) is 0 Å². The molecular formula is C10H18N8O2. The number of hydrogen-bond donors (Lipinski definition) is 7. The Morgan fingerprint density at radius 3 is 1.45 bits per heavy atom. The first-order chi connectivity index (χ1) is 9.38. The van der Waals surface area contributed by atoms with E-state index in [1.807, 2.05) is 0 Å². The van der Waals surface area contributed by atoms with Crippen molar-refractivity contribution >= 4 is 29.3 Å². The number of nitrogens with one attached hydrogen (secondary N) is 2. The van der Waals surface area contributed by atoms with E-state index in [0.717, 1.165) is 6.92 Å². The van der Waals surface area contributed by atoms with Crippen molar-refractivity contribution in [3.8, 4) is 0 Å². The van der Waals surface area contributed by atoms with Gasteiger partial charge in [0.2, 0.25) is 11.9 Å². The van der Waals surface area contributed by atoms with E-state index in [-0.39, 0.29) is 11.9 Å². The second kappa shape index (κ2) is 9.13. The lowest BCUT2D eigenvalue weighted by molar-refractivity contribution is -0.134. The van der Waals surface area contributed by atoms with Gasteiger partial charge in [-0.1, -0.05) is 0 Å². The molecule has 0 unspecified atom stereocenters. The fraction of sp³-hybridized carbons (Fsp3) is 0.100. The second-order valence-corrected chi connectivity index (χ2v) is 3.32. The molecule has 0 saturated heterocycles. The van der Waals surface area contributed by atoms with E-state index in [9.17, 15) is 0 Å². The Kier molecular flexibility index (Phi) is 7.83. The van der Waals surface area contributed by atoms with Crippen LogP contribution < -0.4 is 34.0 Å². The van der Waals surface area contributed by atoms with Gasteiger partial charge >= 0.3 is 0 Å². The van der Waals surface area contributed by atoms with Crippen molar-refractivity contribution in [1.82, 2.24) is 10.9 Å². The van der Waals surface area contributed by atoms with Gasteiger partial charge in [0.15, 0.2) is 0 Å². The van der Waals surface area contributed by atoms with Crippen LogP contribution in [0, 0.1) is 0 Å². The second-order valence-electron chi connectivity index (χ2n) is 3.32. The highest BCUT2D eigenvalue weighted by Gasteiger charge is 1.94. The minimum Gasteiger partial charge on any atom is -0.481 e. The van der Waals surface area contributed by atoms with Gasteiger partial charge < -0.3 is 16.6 Å². The molecule has 0 spiro atoms. The molecular weight excluding hydrogens is 264 g/mol. The summed E-state index contributed by atoms with van der Waals surface area (Å²) in [5.41, 5.74) is 16.5. The molecule has 10 heteroatoms. The van der Waals surface area contributed by atoms with Crippen molar-refractivity contribution in [2.45, 2.75) is 6.92 Å². The quantitative estimate of drug-likeness (QED) is 0.149. The summed E-state index contributed by atoms with van der Waals surface area (Å²) in [4.78, 5) is 16.9. The Balaban J connectivity index is 0.000000796. The highest BCUT2D eigenvalue weighted by atomic mass is 16.4. The van der Waals surface area contributed by atoms with Crippen LogP contribution in [0.4, 0.5) is 11.4 Å². The van der Waals surface area contributed by atoms with Crippen molar-refractivity contribution < 1.29 is 9.90 Å². The first kappa shape index (κ1) is 17.2. The summed E-state index contributed by atoms with van der Waals surface area (Å²) < 4.78 is 0. The normalized spacial score (nSPS) is 11.2. The lowest BCUT2D eigenvalue weighted by Crippen LogP contribution is -2.36. The van der Waals surface area contributed by atoms with Crippen LogP contribution in [0.1, 0.15) is 6.92 Å². The summed E-state index contributed by atoms with van der Waals surface area (Å²) in [7, 11) is 0. The van der Waals surface area contributed by atoms with Crippen molar-refractivity contribution in [2.24, 2.45) is 33.1 Å². The van der Waals surface area contributed by atoms with Gasteiger partial charge in [-0.3, -0.25) is 15.6 Å². The van der Waals surface area contributed by atoms with E-state index in [0.29, 0.717) is 11.4 Å². The predicted octanol–water partition coefficient (Wildman–Crippen LogP) is -1.40. The van der Waals surface area contributed by atoms with Crippen LogP contribution in [-0.2, 0) is 4.79 Å². The predicted molar refractivity (Wildman–Crippen MR) is 77.0 cm³/mol. The van der Waals surface area contributed by atoms with E-state index >= 15 is 0 Å². The number of benzene rings is 1. The molecule has 1 rings (SSSR count). The Hall–Kier alpha value is -2.85. The van der Waals surface area contributed by atoms with Crippen molar-refractivity contribution in [1.29, 1.82) is 0 Å². The summed E-state index contributed by atoms with van der Waals surface area (Å²) in [6, 6.07) is 6.86. The van der Waals surface area contributed by atoms with E-state index in [1.54, 1.807) is 24.3 Å². The molecule has 1 aromatic rings. The molecule has 0 fully saturated rings. The van der Waals surface area contributed by atoms with Gasteiger partial charge in [-0.2, -0.15) is 0 Å². The number of hydrazine groups is 2. The largest absolute Gasteiger partial charge is 0.481 e. The van der Waals surface area contributed by atoms with Crippen LogP contribution in [0.2, 0.25) is 0 Å². The van der Waals surface area contributed by atoms with Gasteiger partial charge in [0, 0.05) is 6.92 Å². The maximum atomic E-state index is 9.00. The number of carbonyl (C=O) groups is 1. The van der Waals surface area contributed by atoms with Gasteiger partial charge in [0.25, 0.3) is 5.97 Å². The summed E-state index contributed by atoms with van der Waals surface area (Å²) in [6.45, 7) is 1.08. The third-order valence-electron chi connectivity index (χ3n) is 1.64. The average molecular weight is 282 g/mol. The Morgan fingerprint density at radius 2 is 1.25 bits per heavy atom. The zero-order chi connectivity index (χ0) is 15.5. The molecule has 110 valence electrons. The topological polar surface area (TPSA) is 190 Å². The fourth-order valence-electron chi connectivity index (χ4n) is 0.944. The molecule has 1 aromatic carbocycles. The van der Waals surface area contributed by atoms with Crippen LogP contribution in [0.3, 0.4) is 0 Å². The van der Waals surface area contributed by atoms with Gasteiger partial charge in [0.1, 0.15) is 0 Å². The van der Waals surface area contributed by atoms with Gasteiger partial charge in [-0.05, 0) is 24.3 Å². The van der Waals surface area contributed by atoms with Crippen LogP contribution in [0.5, 0.6) is 0 Å². The molecule has 0 aliphatic heterocycles. The highest BCUT2D eigenvalue weighted by Crippen LogP contribution is 2.17. The molecule has 0 aliphatic rings. The number of aliphatic imine (C=N–C) groups is 2.